The van der Waals surface area contributed by atoms with Crippen LogP contribution in [0.1, 0.15) is 10.4 Å². The second kappa shape index (κ2) is 10.5. The normalized spacial score (nSPS) is 11.1. The molecule has 0 spiro atoms. The van der Waals surface area contributed by atoms with Gasteiger partial charge in [0.25, 0.3) is 10.0 Å². The molecule has 0 aliphatic carbocycles. The highest BCUT2D eigenvalue weighted by atomic mass is 32.2. The lowest BCUT2D eigenvalue weighted by Crippen LogP contribution is -2.14. The van der Waals surface area contributed by atoms with Gasteiger partial charge in [-0.05, 0) is 36.4 Å². The van der Waals surface area contributed by atoms with Crippen LogP contribution in [0.25, 0.3) is 0 Å². The molecule has 0 unspecified atom stereocenters. The van der Waals surface area contributed by atoms with E-state index in [1.807, 2.05) is 0 Å². The summed E-state index contributed by atoms with van der Waals surface area (Å²) in [6, 6.07) is 14.1. The van der Waals surface area contributed by atoms with Gasteiger partial charge in [0.15, 0.2) is 11.6 Å². The van der Waals surface area contributed by atoms with E-state index in [2.05, 4.69) is 20.0 Å². The molecule has 2 aromatic carbocycles. The highest BCUT2D eigenvalue weighted by Crippen LogP contribution is 2.21. The van der Waals surface area contributed by atoms with Crippen molar-refractivity contribution in [2.24, 2.45) is 0 Å². The summed E-state index contributed by atoms with van der Waals surface area (Å²) in [5, 5.41) is 2.93. The zero-order valence-corrected chi connectivity index (χ0v) is 18.9. The predicted octanol–water partition coefficient (Wildman–Crippen LogP) is 3.11. The molecule has 172 valence electrons. The number of carbonyl (C=O) groups excluding carboxylic acids is 1. The third-order valence-electron chi connectivity index (χ3n) is 4.32. The van der Waals surface area contributed by atoms with E-state index in [1.165, 1.54) is 51.8 Å². The van der Waals surface area contributed by atoms with Crippen LogP contribution in [-0.4, -0.2) is 45.5 Å². The SMILES string of the molecule is COc1cccc(C(=O)/C=C\Nc2ccc(S(=O)(=O)Nc3cc(OC)nc(OC)n3)cc2)c1. The van der Waals surface area contributed by atoms with E-state index in [4.69, 9.17) is 14.2 Å². The third-order valence-corrected chi connectivity index (χ3v) is 5.69. The molecule has 3 rings (SSSR count). The van der Waals surface area contributed by atoms with Crippen molar-refractivity contribution in [3.8, 4) is 17.6 Å². The molecule has 0 aliphatic heterocycles. The molecular formula is C22H22N4O6S. The summed E-state index contributed by atoms with van der Waals surface area (Å²) in [5.41, 5.74) is 1.08. The molecule has 3 aromatic rings. The Labute approximate surface area is 191 Å². The van der Waals surface area contributed by atoms with E-state index in [0.29, 0.717) is 17.0 Å². The average Bonchev–Trinajstić information content (AvgIpc) is 2.83. The minimum Gasteiger partial charge on any atom is -0.497 e. The first-order valence-electron chi connectivity index (χ1n) is 9.56. The fraction of sp³-hybridized carbons (Fsp3) is 0.136. The molecule has 33 heavy (non-hydrogen) atoms. The number of ketones is 1. The number of ether oxygens (including phenoxy) is 3. The lowest BCUT2D eigenvalue weighted by molar-refractivity contribution is 0.104. The zero-order chi connectivity index (χ0) is 23.8. The van der Waals surface area contributed by atoms with Crippen LogP contribution in [-0.2, 0) is 10.0 Å². The molecule has 0 amide bonds. The number of hydrogen-bond donors (Lipinski definition) is 2. The van der Waals surface area contributed by atoms with E-state index < -0.39 is 10.0 Å². The van der Waals surface area contributed by atoms with Crippen molar-refractivity contribution in [2.45, 2.75) is 4.90 Å². The maximum absolute atomic E-state index is 12.7. The Kier molecular flexibility index (Phi) is 7.46. The monoisotopic (exact) mass is 470 g/mol. The van der Waals surface area contributed by atoms with Gasteiger partial charge in [-0.3, -0.25) is 9.52 Å². The number of aromatic nitrogens is 2. The first kappa shape index (κ1) is 23.5. The Morgan fingerprint density at radius 3 is 2.36 bits per heavy atom. The largest absolute Gasteiger partial charge is 0.497 e. The van der Waals surface area contributed by atoms with Gasteiger partial charge < -0.3 is 19.5 Å². The highest BCUT2D eigenvalue weighted by molar-refractivity contribution is 7.92. The van der Waals surface area contributed by atoms with Gasteiger partial charge in [0, 0.05) is 29.6 Å². The Morgan fingerprint density at radius 2 is 1.70 bits per heavy atom. The number of nitrogens with zero attached hydrogens (tertiary/aromatic N) is 2. The smallest absolute Gasteiger partial charge is 0.321 e. The maximum atomic E-state index is 12.7. The van der Waals surface area contributed by atoms with E-state index in [-0.39, 0.29) is 28.4 Å². The number of sulfonamides is 1. The number of carbonyl (C=O) groups is 1. The van der Waals surface area contributed by atoms with Crippen LogP contribution in [0.15, 0.2) is 71.8 Å². The molecule has 11 heteroatoms. The Morgan fingerprint density at radius 1 is 0.939 bits per heavy atom. The predicted molar refractivity (Wildman–Crippen MR) is 122 cm³/mol. The molecule has 0 saturated heterocycles. The fourth-order valence-corrected chi connectivity index (χ4v) is 3.66. The van der Waals surface area contributed by atoms with Gasteiger partial charge in [-0.2, -0.15) is 9.97 Å². The number of allylic oxidation sites excluding steroid dienone is 1. The Balaban J connectivity index is 1.66. The number of anilines is 2. The Bertz CT molecular complexity index is 1240. The molecule has 1 aromatic heterocycles. The third kappa shape index (κ3) is 6.20. The minimum atomic E-state index is -3.92. The van der Waals surface area contributed by atoms with Gasteiger partial charge >= 0.3 is 6.01 Å². The first-order chi connectivity index (χ1) is 15.8. The topological polar surface area (TPSA) is 129 Å². The van der Waals surface area contributed by atoms with Crippen LogP contribution in [0.3, 0.4) is 0 Å². The minimum absolute atomic E-state index is 0.000102. The zero-order valence-electron chi connectivity index (χ0n) is 18.1. The molecule has 2 N–H and O–H groups in total. The standard InChI is InChI=1S/C22H22N4O6S/c1-30-17-6-4-5-15(13-17)19(27)11-12-23-16-7-9-18(10-8-16)33(28,29)26-20-14-21(31-2)25-22(24-20)32-3/h4-14,23H,1-3H3,(H,24,25,26)/b12-11-. The van der Waals surface area contributed by atoms with Crippen molar-refractivity contribution in [2.75, 3.05) is 31.4 Å². The quantitative estimate of drug-likeness (QED) is 0.339. The van der Waals surface area contributed by atoms with E-state index in [0.717, 1.165) is 0 Å². The summed E-state index contributed by atoms with van der Waals surface area (Å²) < 4.78 is 42.8. The molecule has 1 heterocycles. The number of nitrogens with one attached hydrogen (secondary N) is 2. The van der Waals surface area contributed by atoms with Crippen molar-refractivity contribution in [3.63, 3.8) is 0 Å². The molecule has 0 radical (unpaired) electrons. The summed E-state index contributed by atoms with van der Waals surface area (Å²) >= 11 is 0. The van der Waals surface area contributed by atoms with Crippen LogP contribution in [0.4, 0.5) is 11.5 Å². The molecular weight excluding hydrogens is 448 g/mol. The summed E-state index contributed by atoms with van der Waals surface area (Å²) in [4.78, 5) is 20.1. The van der Waals surface area contributed by atoms with Gasteiger partial charge in [0.1, 0.15) is 5.75 Å². The first-order valence-corrected chi connectivity index (χ1v) is 11.0. The van der Waals surface area contributed by atoms with Gasteiger partial charge in [0.2, 0.25) is 5.88 Å². The van der Waals surface area contributed by atoms with Crippen molar-refractivity contribution < 1.29 is 27.4 Å². The van der Waals surface area contributed by atoms with Gasteiger partial charge in [-0.1, -0.05) is 12.1 Å². The van der Waals surface area contributed by atoms with Crippen LogP contribution >= 0.6 is 0 Å². The van der Waals surface area contributed by atoms with E-state index in [9.17, 15) is 13.2 Å². The summed E-state index contributed by atoms with van der Waals surface area (Å²) in [7, 11) is 0.362. The number of methoxy groups -OCH3 is 3. The molecule has 0 saturated carbocycles. The lowest BCUT2D eigenvalue weighted by atomic mass is 10.1. The highest BCUT2D eigenvalue weighted by Gasteiger charge is 2.16. The van der Waals surface area contributed by atoms with Gasteiger partial charge in [0.05, 0.1) is 26.2 Å². The summed E-state index contributed by atoms with van der Waals surface area (Å²) in [6.45, 7) is 0. The van der Waals surface area contributed by atoms with Crippen LogP contribution in [0, 0.1) is 0 Å². The number of benzene rings is 2. The van der Waals surface area contributed by atoms with Crippen LogP contribution in [0.5, 0.6) is 17.6 Å². The molecule has 0 bridgehead atoms. The summed E-state index contributed by atoms with van der Waals surface area (Å²) in [5.74, 6) is 0.529. The maximum Gasteiger partial charge on any atom is 0.321 e. The van der Waals surface area contributed by atoms with E-state index >= 15 is 0 Å². The van der Waals surface area contributed by atoms with Gasteiger partial charge in [-0.15, -0.1) is 0 Å². The number of rotatable bonds is 10. The lowest BCUT2D eigenvalue weighted by Gasteiger charge is -2.10. The van der Waals surface area contributed by atoms with Crippen molar-refractivity contribution in [1.29, 1.82) is 0 Å². The molecule has 10 nitrogen and oxygen atoms in total. The second-order valence-corrected chi connectivity index (χ2v) is 8.17. The van der Waals surface area contributed by atoms with Gasteiger partial charge in [-0.25, -0.2) is 8.42 Å². The van der Waals surface area contributed by atoms with Crippen molar-refractivity contribution >= 4 is 27.3 Å². The van der Waals surface area contributed by atoms with Crippen molar-refractivity contribution in [1.82, 2.24) is 9.97 Å². The molecule has 0 aliphatic rings. The number of hydrogen-bond acceptors (Lipinski definition) is 9. The van der Waals surface area contributed by atoms with Crippen LogP contribution in [0.2, 0.25) is 0 Å². The average molecular weight is 471 g/mol. The van der Waals surface area contributed by atoms with Crippen LogP contribution < -0.4 is 24.2 Å². The van der Waals surface area contributed by atoms with E-state index in [1.54, 1.807) is 36.4 Å². The fourth-order valence-electron chi connectivity index (χ4n) is 2.67. The summed E-state index contributed by atoms with van der Waals surface area (Å²) in [6.07, 6.45) is 2.85. The molecule has 0 atom stereocenters. The molecule has 0 fully saturated rings. The second-order valence-electron chi connectivity index (χ2n) is 6.49. The Hall–Kier alpha value is -4.12. The van der Waals surface area contributed by atoms with Crippen molar-refractivity contribution in [3.05, 3.63) is 72.4 Å².